The maximum absolute atomic E-state index is 13.6. The van der Waals surface area contributed by atoms with Crippen molar-refractivity contribution in [2.24, 2.45) is 0 Å². The number of fused-ring (bicyclic) bond motifs is 1. The SMILES string of the molecule is COCCNC(=O)C[C@@H]1CCc2cc(C(O)(C(F)(F)F)C(F)(F)F)ccc2N1S(=O)(=O)c1ccc(F)cc1. The molecule has 3 rings (SSSR count). The number of hydrogen-bond acceptors (Lipinski definition) is 5. The average molecular weight is 572 g/mol. The molecule has 1 heterocycles. The predicted molar refractivity (Wildman–Crippen MR) is 120 cm³/mol. The highest BCUT2D eigenvalue weighted by Gasteiger charge is 2.71. The Morgan fingerprint density at radius 3 is 2.24 bits per heavy atom. The molecule has 1 aliphatic heterocycles. The van der Waals surface area contributed by atoms with E-state index in [1.807, 2.05) is 0 Å². The van der Waals surface area contributed by atoms with Crippen LogP contribution >= 0.6 is 0 Å². The van der Waals surface area contributed by atoms with Gasteiger partial charge in [-0.15, -0.1) is 0 Å². The van der Waals surface area contributed by atoms with Crippen LogP contribution in [0.1, 0.15) is 24.0 Å². The number of halogens is 7. The summed E-state index contributed by atoms with van der Waals surface area (Å²) in [7, 11) is -3.17. The molecule has 2 N–H and O–H groups in total. The Labute approximate surface area is 213 Å². The number of carbonyl (C=O) groups is 1. The smallest absolute Gasteiger partial charge is 0.383 e. The molecular weight excluding hydrogens is 549 g/mol. The van der Waals surface area contributed by atoms with Crippen LogP contribution in [0.5, 0.6) is 0 Å². The van der Waals surface area contributed by atoms with Crippen LogP contribution < -0.4 is 9.62 Å². The lowest BCUT2D eigenvalue weighted by Crippen LogP contribution is -2.54. The predicted octanol–water partition coefficient (Wildman–Crippen LogP) is 3.80. The molecule has 1 amide bonds. The first-order chi connectivity index (χ1) is 17.5. The minimum absolute atomic E-state index is 0.111. The van der Waals surface area contributed by atoms with Crippen molar-refractivity contribution in [2.75, 3.05) is 24.6 Å². The van der Waals surface area contributed by atoms with Crippen molar-refractivity contribution < 1.29 is 53.8 Å². The number of methoxy groups -OCH3 is 1. The summed E-state index contributed by atoms with van der Waals surface area (Å²) >= 11 is 0. The van der Waals surface area contributed by atoms with E-state index in [1.54, 1.807) is 0 Å². The maximum Gasteiger partial charge on any atom is 0.430 e. The fraction of sp³-hybridized carbons (Fsp3) is 0.435. The number of nitrogens with one attached hydrogen (secondary N) is 1. The third-order valence-corrected chi connectivity index (χ3v) is 7.93. The molecule has 0 saturated heterocycles. The lowest BCUT2D eigenvalue weighted by molar-refractivity contribution is -0.376. The van der Waals surface area contributed by atoms with E-state index in [0.717, 1.165) is 34.6 Å². The van der Waals surface area contributed by atoms with E-state index in [1.165, 1.54) is 7.11 Å². The van der Waals surface area contributed by atoms with Gasteiger partial charge in [0.25, 0.3) is 15.6 Å². The number of benzene rings is 2. The monoisotopic (exact) mass is 572 g/mol. The van der Waals surface area contributed by atoms with E-state index in [2.05, 4.69) is 5.32 Å². The van der Waals surface area contributed by atoms with Crippen LogP contribution in [0.3, 0.4) is 0 Å². The maximum atomic E-state index is 13.6. The van der Waals surface area contributed by atoms with Crippen molar-refractivity contribution in [3.05, 3.63) is 59.4 Å². The van der Waals surface area contributed by atoms with Gasteiger partial charge in [-0.3, -0.25) is 9.10 Å². The second-order valence-electron chi connectivity index (χ2n) is 8.54. The number of alkyl halides is 6. The molecule has 0 fully saturated rings. The van der Waals surface area contributed by atoms with Crippen molar-refractivity contribution >= 4 is 21.6 Å². The molecule has 2 aromatic rings. The van der Waals surface area contributed by atoms with Gasteiger partial charge in [0, 0.05) is 25.6 Å². The highest BCUT2D eigenvalue weighted by atomic mass is 32.2. The van der Waals surface area contributed by atoms with Crippen molar-refractivity contribution in [3.8, 4) is 0 Å². The van der Waals surface area contributed by atoms with E-state index in [9.17, 15) is 49.1 Å². The third-order valence-electron chi connectivity index (χ3n) is 6.05. The molecular formula is C23H23F7N2O5S. The Kier molecular flexibility index (Phi) is 8.34. The van der Waals surface area contributed by atoms with Crippen LogP contribution in [-0.2, 0) is 31.6 Å². The normalized spacial score (nSPS) is 16.8. The molecule has 0 radical (unpaired) electrons. The van der Waals surface area contributed by atoms with Crippen molar-refractivity contribution in [1.82, 2.24) is 5.32 Å². The quantitative estimate of drug-likeness (QED) is 0.371. The van der Waals surface area contributed by atoms with Crippen LogP contribution in [0.4, 0.5) is 36.4 Å². The Morgan fingerprint density at radius 1 is 1.08 bits per heavy atom. The molecule has 38 heavy (non-hydrogen) atoms. The summed E-state index contributed by atoms with van der Waals surface area (Å²) in [5.41, 5.74) is -7.23. The summed E-state index contributed by atoms with van der Waals surface area (Å²) in [6.45, 7) is 0.279. The van der Waals surface area contributed by atoms with Gasteiger partial charge in [0.1, 0.15) is 5.82 Å². The number of rotatable bonds is 8. The van der Waals surface area contributed by atoms with E-state index < -0.39 is 56.2 Å². The number of hydrogen-bond donors (Lipinski definition) is 2. The van der Waals surface area contributed by atoms with E-state index in [-0.39, 0.29) is 43.7 Å². The molecule has 0 aliphatic carbocycles. The number of amides is 1. The second-order valence-corrected chi connectivity index (χ2v) is 10.4. The summed E-state index contributed by atoms with van der Waals surface area (Å²) < 4.78 is 127. The van der Waals surface area contributed by atoms with Gasteiger partial charge in [-0.1, -0.05) is 12.1 Å². The van der Waals surface area contributed by atoms with Crippen molar-refractivity contribution in [3.63, 3.8) is 0 Å². The molecule has 0 saturated carbocycles. The van der Waals surface area contributed by atoms with Gasteiger partial charge in [0.15, 0.2) is 0 Å². The minimum atomic E-state index is -6.13. The summed E-state index contributed by atoms with van der Waals surface area (Å²) in [6.07, 6.45) is -13.0. The number of sulfonamides is 1. The zero-order valence-electron chi connectivity index (χ0n) is 19.7. The molecule has 0 aromatic heterocycles. The lowest BCUT2D eigenvalue weighted by atomic mass is 9.87. The Hall–Kier alpha value is -2.91. The molecule has 15 heteroatoms. The number of carbonyl (C=O) groups excluding carboxylic acids is 1. The van der Waals surface area contributed by atoms with E-state index in [0.29, 0.717) is 12.1 Å². The molecule has 1 aliphatic rings. The molecule has 0 unspecified atom stereocenters. The van der Waals surface area contributed by atoms with Gasteiger partial charge >= 0.3 is 12.4 Å². The molecule has 2 aromatic carbocycles. The zero-order valence-corrected chi connectivity index (χ0v) is 20.6. The zero-order chi connectivity index (χ0) is 28.5. The summed E-state index contributed by atoms with van der Waals surface area (Å²) in [5.74, 6) is -1.32. The van der Waals surface area contributed by atoms with Crippen LogP contribution in [0, 0.1) is 5.82 Å². The van der Waals surface area contributed by atoms with E-state index in [4.69, 9.17) is 4.74 Å². The van der Waals surface area contributed by atoms with Crippen LogP contribution in [-0.4, -0.2) is 58.1 Å². The highest BCUT2D eigenvalue weighted by Crippen LogP contribution is 2.51. The van der Waals surface area contributed by atoms with Gasteiger partial charge < -0.3 is 15.2 Å². The van der Waals surface area contributed by atoms with Crippen LogP contribution in [0.15, 0.2) is 47.4 Å². The van der Waals surface area contributed by atoms with Gasteiger partial charge in [-0.05, 0) is 48.7 Å². The van der Waals surface area contributed by atoms with Gasteiger partial charge in [-0.25, -0.2) is 12.8 Å². The Morgan fingerprint density at radius 2 is 1.68 bits per heavy atom. The molecule has 1 atom stereocenters. The summed E-state index contributed by atoms with van der Waals surface area (Å²) in [6, 6.07) is 4.05. The largest absolute Gasteiger partial charge is 0.430 e. The number of aryl methyl sites for hydroxylation is 1. The third kappa shape index (κ3) is 5.59. The van der Waals surface area contributed by atoms with Gasteiger partial charge in [-0.2, -0.15) is 26.3 Å². The Balaban J connectivity index is 2.12. The first-order valence-corrected chi connectivity index (χ1v) is 12.5. The molecule has 0 spiro atoms. The summed E-state index contributed by atoms with van der Waals surface area (Å²) in [5, 5.41) is 12.3. The fourth-order valence-electron chi connectivity index (χ4n) is 4.16. The van der Waals surface area contributed by atoms with Gasteiger partial charge in [0.2, 0.25) is 5.91 Å². The van der Waals surface area contributed by atoms with Gasteiger partial charge in [0.05, 0.1) is 23.2 Å². The Bertz CT molecular complexity index is 1250. The fourth-order valence-corrected chi connectivity index (χ4v) is 5.88. The molecule has 0 bridgehead atoms. The molecule has 210 valence electrons. The average Bonchev–Trinajstić information content (AvgIpc) is 2.82. The number of nitrogens with zero attached hydrogens (tertiary/aromatic N) is 1. The standard InChI is InChI=1S/C23H23F7N2O5S/c1-37-11-10-31-20(33)13-17-6-2-14-12-15(21(34,22(25,26)27)23(28,29)30)3-9-19(14)32(17)38(35,36)18-7-4-16(24)5-8-18/h3-5,7-9,12,17,34H,2,6,10-11,13H2,1H3,(H,31,33)/t17-/m0/s1. The van der Waals surface area contributed by atoms with E-state index >= 15 is 0 Å². The topological polar surface area (TPSA) is 95.9 Å². The number of ether oxygens (including phenoxy) is 1. The minimum Gasteiger partial charge on any atom is -0.383 e. The first kappa shape index (κ1) is 29.6. The number of anilines is 1. The summed E-state index contributed by atoms with van der Waals surface area (Å²) in [4.78, 5) is 12.0. The highest BCUT2D eigenvalue weighted by molar-refractivity contribution is 7.92. The lowest BCUT2D eigenvalue weighted by Gasteiger charge is -2.39. The number of aliphatic hydroxyl groups is 1. The van der Waals surface area contributed by atoms with Crippen LogP contribution in [0.2, 0.25) is 0 Å². The first-order valence-electron chi connectivity index (χ1n) is 11.1. The molecule has 7 nitrogen and oxygen atoms in total. The van der Waals surface area contributed by atoms with Crippen molar-refractivity contribution in [1.29, 1.82) is 0 Å². The van der Waals surface area contributed by atoms with Crippen LogP contribution in [0.25, 0.3) is 0 Å². The second kappa shape index (κ2) is 10.7. The van der Waals surface area contributed by atoms with Crippen molar-refractivity contribution in [2.45, 2.75) is 48.2 Å².